The number of hydrogen-bond donors (Lipinski definition) is 2. The highest BCUT2D eigenvalue weighted by atomic mass is 19.3. The van der Waals surface area contributed by atoms with Crippen molar-refractivity contribution in [2.24, 2.45) is 10.7 Å². The van der Waals surface area contributed by atoms with E-state index in [0.717, 1.165) is 25.3 Å². The minimum atomic E-state index is -3.51. The molecule has 1 aromatic heterocycles. The molecule has 0 fully saturated rings. The van der Waals surface area contributed by atoms with E-state index in [1.165, 1.54) is 6.07 Å². The Morgan fingerprint density at radius 3 is 2.77 bits per heavy atom. The van der Waals surface area contributed by atoms with Crippen molar-refractivity contribution >= 4 is 17.6 Å². The first-order chi connectivity index (χ1) is 12.1. The average molecular weight is 368 g/mol. The number of alkyl halides is 2. The molecule has 0 saturated heterocycles. The van der Waals surface area contributed by atoms with Crippen LogP contribution in [0.1, 0.15) is 28.9 Å². The number of nitrogens with two attached hydrogens (primary N) is 1. The molecule has 1 atom stereocenters. The molecular formula is C16H15F3N4O3. The van der Waals surface area contributed by atoms with Crippen molar-refractivity contribution in [3.63, 3.8) is 0 Å². The maximum atomic E-state index is 14.4. The number of aromatic nitrogens is 1. The van der Waals surface area contributed by atoms with Crippen molar-refractivity contribution in [1.82, 2.24) is 4.98 Å². The molecule has 1 aromatic carbocycles. The van der Waals surface area contributed by atoms with Gasteiger partial charge in [0.05, 0.1) is 0 Å². The number of rotatable bonds is 3. The number of benzene rings is 1. The van der Waals surface area contributed by atoms with Gasteiger partial charge in [-0.05, 0) is 25.1 Å². The molecular weight excluding hydrogens is 353 g/mol. The van der Waals surface area contributed by atoms with E-state index in [2.05, 4.69) is 20.0 Å². The van der Waals surface area contributed by atoms with E-state index in [-0.39, 0.29) is 17.3 Å². The Kier molecular flexibility index (Phi) is 4.13. The third kappa shape index (κ3) is 2.98. The maximum absolute atomic E-state index is 14.4. The molecule has 2 heterocycles. The average Bonchev–Trinajstić information content (AvgIpc) is 3.00. The summed E-state index contributed by atoms with van der Waals surface area (Å²) in [6, 6.07) is 2.81. The topological polar surface area (TPSA) is 103 Å². The number of nitrogens with one attached hydrogen (secondary N) is 1. The zero-order valence-electron chi connectivity index (χ0n) is 13.8. The van der Waals surface area contributed by atoms with Gasteiger partial charge >= 0.3 is 5.92 Å². The van der Waals surface area contributed by atoms with Crippen molar-refractivity contribution in [3.8, 4) is 0 Å². The lowest BCUT2D eigenvalue weighted by Crippen LogP contribution is -2.51. The first-order valence-corrected chi connectivity index (χ1v) is 7.52. The van der Waals surface area contributed by atoms with Crippen LogP contribution in [0.3, 0.4) is 0 Å². The monoisotopic (exact) mass is 368 g/mol. The van der Waals surface area contributed by atoms with Crippen molar-refractivity contribution < 1.29 is 27.1 Å². The van der Waals surface area contributed by atoms with Crippen LogP contribution in [0.2, 0.25) is 0 Å². The summed E-state index contributed by atoms with van der Waals surface area (Å²) in [6.45, 7) is 1.57. The van der Waals surface area contributed by atoms with Crippen LogP contribution in [-0.4, -0.2) is 29.4 Å². The van der Waals surface area contributed by atoms with Gasteiger partial charge in [0.2, 0.25) is 0 Å². The first kappa shape index (κ1) is 17.8. The molecule has 10 heteroatoms. The second kappa shape index (κ2) is 6.04. The molecule has 2 aromatic rings. The van der Waals surface area contributed by atoms with E-state index in [4.69, 9.17) is 10.2 Å². The molecule has 3 rings (SSSR count). The third-order valence-corrected chi connectivity index (χ3v) is 4.05. The van der Waals surface area contributed by atoms with E-state index in [9.17, 15) is 18.0 Å². The fourth-order valence-electron chi connectivity index (χ4n) is 2.54. The summed E-state index contributed by atoms with van der Waals surface area (Å²) < 4.78 is 52.6. The number of halogens is 3. The van der Waals surface area contributed by atoms with E-state index in [1.54, 1.807) is 6.92 Å². The quantitative estimate of drug-likeness (QED) is 0.867. The van der Waals surface area contributed by atoms with Gasteiger partial charge in [0, 0.05) is 18.2 Å². The molecule has 1 aliphatic rings. The minimum Gasteiger partial charge on any atom is -0.459 e. The van der Waals surface area contributed by atoms with Crippen LogP contribution in [-0.2, 0) is 10.3 Å². The number of aliphatic imine (C=N–C) groups is 1. The number of carbonyl (C=O) groups excluding carboxylic acids is 1. The van der Waals surface area contributed by atoms with Crippen LogP contribution in [0.15, 0.2) is 33.9 Å². The highest BCUT2D eigenvalue weighted by Crippen LogP contribution is 2.44. The van der Waals surface area contributed by atoms with Gasteiger partial charge in [0.1, 0.15) is 12.1 Å². The van der Waals surface area contributed by atoms with Gasteiger partial charge in [0.15, 0.2) is 23.7 Å². The highest BCUT2D eigenvalue weighted by Gasteiger charge is 2.56. The number of ether oxygens (including phenoxy) is 1. The molecule has 0 saturated carbocycles. The van der Waals surface area contributed by atoms with Crippen LogP contribution in [0.5, 0.6) is 0 Å². The van der Waals surface area contributed by atoms with Crippen molar-refractivity contribution in [2.75, 3.05) is 11.9 Å². The van der Waals surface area contributed by atoms with Crippen LogP contribution in [0.4, 0.5) is 18.9 Å². The van der Waals surface area contributed by atoms with Crippen molar-refractivity contribution in [1.29, 1.82) is 0 Å². The Balaban J connectivity index is 1.98. The van der Waals surface area contributed by atoms with Crippen molar-refractivity contribution in [2.45, 2.75) is 25.3 Å². The fraction of sp³-hybridized carbons (Fsp3) is 0.312. The Labute approximate surface area is 146 Å². The summed E-state index contributed by atoms with van der Waals surface area (Å²) in [7, 11) is 0. The summed E-state index contributed by atoms with van der Waals surface area (Å²) in [6.07, 6.45) is 1.15. The smallest absolute Gasteiger partial charge is 0.310 e. The van der Waals surface area contributed by atoms with Crippen LogP contribution in [0, 0.1) is 12.7 Å². The summed E-state index contributed by atoms with van der Waals surface area (Å²) in [5.41, 5.74) is 2.77. The van der Waals surface area contributed by atoms with Gasteiger partial charge in [-0.15, -0.1) is 0 Å². The summed E-state index contributed by atoms with van der Waals surface area (Å²) in [5.74, 6) is -4.77. The van der Waals surface area contributed by atoms with Gasteiger partial charge in [-0.25, -0.2) is 14.4 Å². The Bertz CT molecular complexity index is 897. The number of carbonyl (C=O) groups is 1. The second-order valence-corrected chi connectivity index (χ2v) is 5.92. The normalized spacial score (nSPS) is 21.7. The first-order valence-electron chi connectivity index (χ1n) is 7.52. The fourth-order valence-corrected chi connectivity index (χ4v) is 2.54. The van der Waals surface area contributed by atoms with Gasteiger partial charge in [0.25, 0.3) is 11.9 Å². The molecule has 7 nitrogen and oxygen atoms in total. The molecule has 3 N–H and O–H groups in total. The van der Waals surface area contributed by atoms with E-state index in [0.29, 0.717) is 0 Å². The number of anilines is 1. The number of amidine groups is 1. The maximum Gasteiger partial charge on any atom is 0.310 e. The largest absolute Gasteiger partial charge is 0.459 e. The summed E-state index contributed by atoms with van der Waals surface area (Å²) >= 11 is 0. The van der Waals surface area contributed by atoms with Gasteiger partial charge < -0.3 is 20.2 Å². The molecule has 0 unspecified atom stereocenters. The standard InChI is InChI=1S/C16H15F3N4O3/c1-8-21-12(6-25-8)13(24)22-9-3-4-11(17)10(5-9)15(2)16(18,19)7-26-14(20)23-15/h3-6H,7H2,1-2H3,(H2,20,23)(H,22,24)/t15-/m1/s1. The number of nitrogens with zero attached hydrogens (tertiary/aromatic N) is 2. The van der Waals surface area contributed by atoms with Crippen LogP contribution >= 0.6 is 0 Å². The molecule has 138 valence electrons. The lowest BCUT2D eigenvalue weighted by Gasteiger charge is -2.37. The van der Waals surface area contributed by atoms with E-state index in [1.807, 2.05) is 0 Å². The summed E-state index contributed by atoms with van der Waals surface area (Å²) in [5, 5.41) is 2.45. The molecule has 1 amide bonds. The second-order valence-electron chi connectivity index (χ2n) is 5.92. The Morgan fingerprint density at radius 1 is 1.38 bits per heavy atom. The predicted molar refractivity (Wildman–Crippen MR) is 85.5 cm³/mol. The molecule has 26 heavy (non-hydrogen) atoms. The van der Waals surface area contributed by atoms with Gasteiger partial charge in [-0.1, -0.05) is 0 Å². The molecule has 0 aliphatic carbocycles. The number of aryl methyl sites for hydroxylation is 1. The Hall–Kier alpha value is -3.04. The molecule has 0 bridgehead atoms. The molecule has 1 aliphatic heterocycles. The lowest BCUT2D eigenvalue weighted by molar-refractivity contribution is -0.117. The number of amides is 1. The van der Waals surface area contributed by atoms with E-state index < -0.39 is 41.4 Å². The number of oxazole rings is 1. The summed E-state index contributed by atoms with van der Waals surface area (Å²) in [4.78, 5) is 19.6. The lowest BCUT2D eigenvalue weighted by atomic mass is 9.85. The van der Waals surface area contributed by atoms with E-state index >= 15 is 0 Å². The van der Waals surface area contributed by atoms with Gasteiger partial charge in [-0.2, -0.15) is 8.78 Å². The molecule has 0 spiro atoms. The van der Waals surface area contributed by atoms with Crippen molar-refractivity contribution in [3.05, 3.63) is 47.4 Å². The predicted octanol–water partition coefficient (Wildman–Crippen LogP) is 2.57. The van der Waals surface area contributed by atoms with Gasteiger partial charge in [-0.3, -0.25) is 4.79 Å². The molecule has 0 radical (unpaired) electrons. The minimum absolute atomic E-state index is 0.00162. The third-order valence-electron chi connectivity index (χ3n) is 4.05. The Morgan fingerprint density at radius 2 is 2.12 bits per heavy atom. The zero-order chi connectivity index (χ0) is 19.1. The zero-order valence-corrected chi connectivity index (χ0v) is 13.8. The number of hydrogen-bond acceptors (Lipinski definition) is 6. The van der Waals surface area contributed by atoms with Crippen LogP contribution in [0.25, 0.3) is 0 Å². The van der Waals surface area contributed by atoms with Crippen LogP contribution < -0.4 is 11.1 Å². The highest BCUT2D eigenvalue weighted by molar-refractivity contribution is 6.02. The SMILES string of the molecule is Cc1nc(C(=O)Nc2ccc(F)c([C@@]3(C)N=C(N)OCC3(F)F)c2)co1.